The minimum absolute atomic E-state index is 0.546. The van der Waals surface area contributed by atoms with Crippen molar-refractivity contribution in [2.24, 2.45) is 5.92 Å². The number of aromatic nitrogens is 1. The van der Waals surface area contributed by atoms with Crippen LogP contribution in [-0.2, 0) is 11.2 Å². The van der Waals surface area contributed by atoms with Crippen LogP contribution in [0.5, 0.6) is 0 Å². The van der Waals surface area contributed by atoms with E-state index in [1.807, 2.05) is 12.4 Å². The molecule has 2 unspecified atom stereocenters. The zero-order chi connectivity index (χ0) is 14.2. The Morgan fingerprint density at radius 3 is 2.90 bits per heavy atom. The molecule has 0 bridgehead atoms. The molecular formula is C16H27N3O. The van der Waals surface area contributed by atoms with Gasteiger partial charge in [-0.2, -0.15) is 0 Å². The maximum absolute atomic E-state index is 5.53. The highest BCUT2D eigenvalue weighted by molar-refractivity contribution is 5.09. The van der Waals surface area contributed by atoms with Crippen LogP contribution in [0.25, 0.3) is 0 Å². The summed E-state index contributed by atoms with van der Waals surface area (Å²) in [6.45, 7) is 7.22. The Balaban J connectivity index is 1.77. The molecule has 0 aliphatic carbocycles. The van der Waals surface area contributed by atoms with Crippen LogP contribution in [-0.4, -0.2) is 55.8 Å². The fourth-order valence-electron chi connectivity index (χ4n) is 2.81. The van der Waals surface area contributed by atoms with Gasteiger partial charge in [0.2, 0.25) is 0 Å². The lowest BCUT2D eigenvalue weighted by atomic mass is 9.98. The van der Waals surface area contributed by atoms with E-state index in [1.165, 1.54) is 12.0 Å². The number of rotatable bonds is 8. The molecule has 4 nitrogen and oxygen atoms in total. The molecule has 1 fully saturated rings. The third-order valence-electron chi connectivity index (χ3n) is 4.04. The van der Waals surface area contributed by atoms with Crippen LogP contribution >= 0.6 is 0 Å². The van der Waals surface area contributed by atoms with Crippen molar-refractivity contribution in [3.8, 4) is 0 Å². The van der Waals surface area contributed by atoms with Gasteiger partial charge in [-0.15, -0.1) is 0 Å². The number of hydrogen-bond donors (Lipinski definition) is 1. The predicted octanol–water partition coefficient (Wildman–Crippen LogP) is 1.57. The summed E-state index contributed by atoms with van der Waals surface area (Å²) in [5, 5.41) is 3.62. The van der Waals surface area contributed by atoms with E-state index >= 15 is 0 Å². The van der Waals surface area contributed by atoms with Crippen LogP contribution in [0.1, 0.15) is 18.9 Å². The average Bonchev–Trinajstić information content (AvgIpc) is 3.00. The normalized spacial score (nSPS) is 20.4. The standard InChI is InChI=1S/C16H27N3O/c1-3-18-16(15-7-11-20-13-15)12-19(2)10-6-14-4-8-17-9-5-14/h4-5,8-9,15-16,18H,3,6-7,10-13H2,1-2H3. The highest BCUT2D eigenvalue weighted by Gasteiger charge is 2.25. The van der Waals surface area contributed by atoms with E-state index in [2.05, 4.69) is 41.3 Å². The fourth-order valence-corrected chi connectivity index (χ4v) is 2.81. The molecule has 0 saturated carbocycles. The number of nitrogens with one attached hydrogen (secondary N) is 1. The summed E-state index contributed by atoms with van der Waals surface area (Å²) in [4.78, 5) is 6.48. The van der Waals surface area contributed by atoms with Crippen LogP contribution < -0.4 is 5.32 Å². The monoisotopic (exact) mass is 277 g/mol. The lowest BCUT2D eigenvalue weighted by molar-refractivity contribution is 0.167. The summed E-state index contributed by atoms with van der Waals surface area (Å²) in [6.07, 6.45) is 6.01. The van der Waals surface area contributed by atoms with E-state index < -0.39 is 0 Å². The number of pyridine rings is 1. The summed E-state index contributed by atoms with van der Waals surface area (Å²) < 4.78 is 5.53. The van der Waals surface area contributed by atoms with Crippen molar-refractivity contribution in [2.45, 2.75) is 25.8 Å². The topological polar surface area (TPSA) is 37.4 Å². The largest absolute Gasteiger partial charge is 0.381 e. The van der Waals surface area contributed by atoms with E-state index in [-0.39, 0.29) is 0 Å². The Morgan fingerprint density at radius 1 is 1.45 bits per heavy atom. The molecule has 1 aliphatic heterocycles. The number of likely N-dealkylation sites (N-methyl/N-ethyl adjacent to an activating group) is 2. The highest BCUT2D eigenvalue weighted by Crippen LogP contribution is 2.17. The third-order valence-corrected chi connectivity index (χ3v) is 4.04. The first-order valence-electron chi connectivity index (χ1n) is 7.68. The summed E-state index contributed by atoms with van der Waals surface area (Å²) in [5.74, 6) is 0.665. The molecule has 2 rings (SSSR count). The van der Waals surface area contributed by atoms with Gasteiger partial charge in [-0.25, -0.2) is 0 Å². The van der Waals surface area contributed by atoms with E-state index in [4.69, 9.17) is 4.74 Å². The van der Waals surface area contributed by atoms with Gasteiger partial charge in [0, 0.05) is 44.0 Å². The van der Waals surface area contributed by atoms with E-state index in [1.54, 1.807) is 0 Å². The Morgan fingerprint density at radius 2 is 2.25 bits per heavy atom. The molecule has 1 aromatic heterocycles. The fraction of sp³-hybridized carbons (Fsp3) is 0.688. The average molecular weight is 277 g/mol. The van der Waals surface area contributed by atoms with Crippen molar-refractivity contribution < 1.29 is 4.74 Å². The second-order valence-corrected chi connectivity index (χ2v) is 5.66. The van der Waals surface area contributed by atoms with Gasteiger partial charge in [-0.3, -0.25) is 4.98 Å². The molecule has 0 radical (unpaired) electrons. The van der Waals surface area contributed by atoms with E-state index in [9.17, 15) is 0 Å². The maximum Gasteiger partial charge on any atom is 0.0510 e. The second-order valence-electron chi connectivity index (χ2n) is 5.66. The second kappa shape index (κ2) is 8.35. The quantitative estimate of drug-likeness (QED) is 0.783. The third kappa shape index (κ3) is 4.85. The van der Waals surface area contributed by atoms with Crippen LogP contribution in [0.3, 0.4) is 0 Å². The van der Waals surface area contributed by atoms with Crippen molar-refractivity contribution in [1.29, 1.82) is 0 Å². The van der Waals surface area contributed by atoms with Gasteiger partial charge in [0.25, 0.3) is 0 Å². The maximum atomic E-state index is 5.53. The van der Waals surface area contributed by atoms with Crippen molar-refractivity contribution in [1.82, 2.24) is 15.2 Å². The van der Waals surface area contributed by atoms with E-state index in [0.29, 0.717) is 12.0 Å². The summed E-state index contributed by atoms with van der Waals surface area (Å²) in [6, 6.07) is 4.74. The van der Waals surface area contributed by atoms with Crippen LogP contribution in [0, 0.1) is 5.92 Å². The Hall–Kier alpha value is -0.970. The smallest absolute Gasteiger partial charge is 0.0510 e. The van der Waals surface area contributed by atoms with Crippen molar-refractivity contribution in [2.75, 3.05) is 39.9 Å². The minimum atomic E-state index is 0.546. The molecule has 20 heavy (non-hydrogen) atoms. The van der Waals surface area contributed by atoms with Crippen molar-refractivity contribution >= 4 is 0 Å². The van der Waals surface area contributed by atoms with E-state index in [0.717, 1.165) is 39.3 Å². The molecule has 4 heteroatoms. The molecule has 1 aliphatic rings. The first-order chi connectivity index (χ1) is 9.79. The van der Waals surface area contributed by atoms with Gasteiger partial charge >= 0.3 is 0 Å². The highest BCUT2D eigenvalue weighted by atomic mass is 16.5. The van der Waals surface area contributed by atoms with Crippen LogP contribution in [0.2, 0.25) is 0 Å². The zero-order valence-electron chi connectivity index (χ0n) is 12.7. The lowest BCUT2D eigenvalue weighted by Crippen LogP contribution is -2.45. The summed E-state index contributed by atoms with van der Waals surface area (Å²) in [5.41, 5.74) is 1.36. The van der Waals surface area contributed by atoms with Gasteiger partial charge in [-0.05, 0) is 44.1 Å². The molecule has 0 aromatic carbocycles. The molecular weight excluding hydrogens is 250 g/mol. The Kier molecular flexibility index (Phi) is 6.43. The van der Waals surface area contributed by atoms with Crippen LogP contribution in [0.15, 0.2) is 24.5 Å². The molecule has 2 atom stereocenters. The number of nitrogens with zero attached hydrogens (tertiary/aromatic N) is 2. The first-order valence-corrected chi connectivity index (χ1v) is 7.68. The summed E-state index contributed by atoms with van der Waals surface area (Å²) in [7, 11) is 2.21. The van der Waals surface area contributed by atoms with Crippen molar-refractivity contribution in [3.05, 3.63) is 30.1 Å². The summed E-state index contributed by atoms with van der Waals surface area (Å²) >= 11 is 0. The minimum Gasteiger partial charge on any atom is -0.381 e. The zero-order valence-corrected chi connectivity index (χ0v) is 12.7. The molecule has 1 saturated heterocycles. The molecule has 112 valence electrons. The molecule has 1 aromatic rings. The van der Waals surface area contributed by atoms with Crippen molar-refractivity contribution in [3.63, 3.8) is 0 Å². The Bertz CT molecular complexity index is 365. The number of ether oxygens (including phenoxy) is 1. The number of hydrogen-bond acceptors (Lipinski definition) is 4. The lowest BCUT2D eigenvalue weighted by Gasteiger charge is -2.28. The SMILES string of the molecule is CCNC(CN(C)CCc1ccncc1)C1CCOC1. The molecule has 0 spiro atoms. The molecule has 0 amide bonds. The van der Waals surface area contributed by atoms with Gasteiger partial charge in [0.1, 0.15) is 0 Å². The van der Waals surface area contributed by atoms with Gasteiger partial charge in [0.15, 0.2) is 0 Å². The van der Waals surface area contributed by atoms with Gasteiger partial charge in [-0.1, -0.05) is 6.92 Å². The molecule has 2 heterocycles. The van der Waals surface area contributed by atoms with Crippen LogP contribution in [0.4, 0.5) is 0 Å². The van der Waals surface area contributed by atoms with Gasteiger partial charge in [0.05, 0.1) is 6.61 Å². The Labute approximate surface area is 122 Å². The first kappa shape index (κ1) is 15.4. The predicted molar refractivity (Wildman–Crippen MR) is 81.8 cm³/mol. The van der Waals surface area contributed by atoms with Gasteiger partial charge < -0.3 is 15.0 Å². The molecule has 1 N–H and O–H groups in total.